The molecule has 18 heavy (non-hydrogen) atoms. The molecule has 96 valence electrons. The molecule has 0 amide bonds. The van der Waals surface area contributed by atoms with Gasteiger partial charge in [0.25, 0.3) is 0 Å². The molecule has 0 fully saturated rings. The number of anilines is 3. The van der Waals surface area contributed by atoms with Crippen LogP contribution in [0, 0.1) is 0 Å². The van der Waals surface area contributed by atoms with Crippen LogP contribution in [0.15, 0.2) is 24.5 Å². The summed E-state index contributed by atoms with van der Waals surface area (Å²) in [7, 11) is 3.45. The molecule has 0 aliphatic heterocycles. The normalized spacial score (nSPS) is 10.2. The van der Waals surface area contributed by atoms with Crippen LogP contribution in [-0.4, -0.2) is 28.4 Å². The van der Waals surface area contributed by atoms with E-state index in [1.54, 1.807) is 24.2 Å². The van der Waals surface area contributed by atoms with Crippen molar-refractivity contribution in [2.75, 3.05) is 24.3 Å². The first-order valence-corrected chi connectivity index (χ1v) is 5.77. The molecular weight excluding hydrogens is 230 g/mol. The molecule has 0 spiro atoms. The Morgan fingerprint density at radius 2 is 2.06 bits per heavy atom. The number of rotatable bonds is 5. The summed E-state index contributed by atoms with van der Waals surface area (Å²) in [6.07, 6.45) is 3.54. The summed E-state index contributed by atoms with van der Waals surface area (Å²) in [5, 5.41) is 10.7. The van der Waals surface area contributed by atoms with Crippen LogP contribution in [0.4, 0.5) is 17.2 Å². The van der Waals surface area contributed by atoms with Gasteiger partial charge >= 0.3 is 0 Å². The van der Waals surface area contributed by atoms with Gasteiger partial charge in [-0.1, -0.05) is 0 Å². The number of aryl methyl sites for hydroxylation is 1. The Kier molecular flexibility index (Phi) is 3.66. The molecule has 0 aliphatic rings. The third kappa shape index (κ3) is 2.71. The van der Waals surface area contributed by atoms with Crippen molar-refractivity contribution in [3.63, 3.8) is 0 Å². The summed E-state index contributed by atoms with van der Waals surface area (Å²) in [5.74, 6) is 1.43. The van der Waals surface area contributed by atoms with Crippen molar-refractivity contribution in [2.24, 2.45) is 7.05 Å². The lowest BCUT2D eigenvalue weighted by atomic mass is 10.3. The molecule has 0 unspecified atom stereocenters. The predicted octanol–water partition coefficient (Wildman–Crippen LogP) is 2.00. The Hall–Kier alpha value is -2.24. The van der Waals surface area contributed by atoms with E-state index >= 15 is 0 Å². The van der Waals surface area contributed by atoms with Crippen LogP contribution in [0.25, 0.3) is 0 Å². The topological polar surface area (TPSA) is 64.0 Å². The van der Waals surface area contributed by atoms with E-state index in [1.165, 1.54) is 0 Å². The SMILES string of the molecule is CCNc1cncc(Nc2cc(OC)n(C)n2)c1. The number of nitrogens with one attached hydrogen (secondary N) is 2. The predicted molar refractivity (Wildman–Crippen MR) is 71.4 cm³/mol. The van der Waals surface area contributed by atoms with Crippen molar-refractivity contribution in [1.82, 2.24) is 14.8 Å². The highest BCUT2D eigenvalue weighted by Gasteiger charge is 2.05. The molecule has 0 radical (unpaired) electrons. The maximum absolute atomic E-state index is 5.16. The lowest BCUT2D eigenvalue weighted by Gasteiger charge is -2.06. The van der Waals surface area contributed by atoms with Gasteiger partial charge in [0.15, 0.2) is 5.82 Å². The van der Waals surface area contributed by atoms with Gasteiger partial charge in [0.1, 0.15) is 0 Å². The van der Waals surface area contributed by atoms with E-state index in [-0.39, 0.29) is 0 Å². The largest absolute Gasteiger partial charge is 0.481 e. The first-order chi connectivity index (χ1) is 8.72. The molecule has 0 atom stereocenters. The maximum atomic E-state index is 5.16. The number of hydrogen-bond donors (Lipinski definition) is 2. The zero-order valence-electron chi connectivity index (χ0n) is 10.8. The maximum Gasteiger partial charge on any atom is 0.213 e. The minimum Gasteiger partial charge on any atom is -0.481 e. The van der Waals surface area contributed by atoms with Gasteiger partial charge in [-0.25, -0.2) is 4.68 Å². The lowest BCUT2D eigenvalue weighted by molar-refractivity contribution is 0.373. The molecule has 0 bridgehead atoms. The fourth-order valence-electron chi connectivity index (χ4n) is 1.66. The number of methoxy groups -OCH3 is 1. The van der Waals surface area contributed by atoms with Crippen molar-refractivity contribution in [3.8, 4) is 5.88 Å². The second-order valence-corrected chi connectivity index (χ2v) is 3.81. The van der Waals surface area contributed by atoms with Crippen molar-refractivity contribution >= 4 is 17.2 Å². The minimum atomic E-state index is 0.702. The van der Waals surface area contributed by atoms with Crippen molar-refractivity contribution in [3.05, 3.63) is 24.5 Å². The molecule has 2 rings (SSSR count). The van der Waals surface area contributed by atoms with E-state index in [9.17, 15) is 0 Å². The van der Waals surface area contributed by atoms with Gasteiger partial charge in [-0.3, -0.25) is 4.98 Å². The fourth-order valence-corrected chi connectivity index (χ4v) is 1.66. The highest BCUT2D eigenvalue weighted by molar-refractivity contribution is 5.61. The lowest BCUT2D eigenvalue weighted by Crippen LogP contribution is -1.99. The van der Waals surface area contributed by atoms with Gasteiger partial charge in [-0.2, -0.15) is 5.10 Å². The average molecular weight is 247 g/mol. The van der Waals surface area contributed by atoms with Crippen LogP contribution in [0.5, 0.6) is 5.88 Å². The first kappa shape index (κ1) is 12.2. The van der Waals surface area contributed by atoms with E-state index in [2.05, 4.69) is 20.7 Å². The molecule has 0 aromatic carbocycles. The highest BCUT2D eigenvalue weighted by atomic mass is 16.5. The average Bonchev–Trinajstić information content (AvgIpc) is 2.70. The van der Waals surface area contributed by atoms with E-state index in [0.717, 1.165) is 23.7 Å². The zero-order valence-corrected chi connectivity index (χ0v) is 10.8. The van der Waals surface area contributed by atoms with Crippen molar-refractivity contribution in [1.29, 1.82) is 0 Å². The Labute approximate surface area is 106 Å². The molecule has 0 saturated heterocycles. The van der Waals surface area contributed by atoms with E-state index in [4.69, 9.17) is 4.74 Å². The molecular formula is C12H17N5O. The van der Waals surface area contributed by atoms with Gasteiger partial charge in [0.2, 0.25) is 5.88 Å². The molecule has 0 saturated carbocycles. The van der Waals surface area contributed by atoms with Crippen molar-refractivity contribution in [2.45, 2.75) is 6.92 Å². The second-order valence-electron chi connectivity index (χ2n) is 3.81. The van der Waals surface area contributed by atoms with Gasteiger partial charge in [0.05, 0.1) is 30.9 Å². The smallest absolute Gasteiger partial charge is 0.213 e. The summed E-state index contributed by atoms with van der Waals surface area (Å²) < 4.78 is 6.83. The number of nitrogens with zero attached hydrogens (tertiary/aromatic N) is 3. The minimum absolute atomic E-state index is 0.702. The second kappa shape index (κ2) is 5.39. The van der Waals surface area contributed by atoms with E-state index < -0.39 is 0 Å². The third-order valence-electron chi connectivity index (χ3n) is 2.44. The molecule has 2 aromatic rings. The van der Waals surface area contributed by atoms with Crippen molar-refractivity contribution < 1.29 is 4.74 Å². The van der Waals surface area contributed by atoms with Gasteiger partial charge in [0, 0.05) is 19.7 Å². The first-order valence-electron chi connectivity index (χ1n) is 5.77. The Balaban J connectivity index is 2.14. The van der Waals surface area contributed by atoms with E-state index in [1.807, 2.05) is 26.1 Å². The summed E-state index contributed by atoms with van der Waals surface area (Å²) >= 11 is 0. The van der Waals surface area contributed by atoms with E-state index in [0.29, 0.717) is 5.88 Å². The van der Waals surface area contributed by atoms with Gasteiger partial charge < -0.3 is 15.4 Å². The number of ether oxygens (including phenoxy) is 1. The summed E-state index contributed by atoms with van der Waals surface area (Å²) in [5.41, 5.74) is 1.86. The number of pyridine rings is 1. The quantitative estimate of drug-likeness (QED) is 0.846. The summed E-state index contributed by atoms with van der Waals surface area (Å²) in [6, 6.07) is 3.82. The number of aromatic nitrogens is 3. The Morgan fingerprint density at radius 1 is 1.28 bits per heavy atom. The van der Waals surface area contributed by atoms with Crippen LogP contribution >= 0.6 is 0 Å². The molecule has 2 aromatic heterocycles. The molecule has 0 aliphatic carbocycles. The number of hydrogen-bond acceptors (Lipinski definition) is 5. The highest BCUT2D eigenvalue weighted by Crippen LogP contribution is 2.21. The van der Waals surface area contributed by atoms with Crippen LogP contribution in [0.1, 0.15) is 6.92 Å². The van der Waals surface area contributed by atoms with Crippen LogP contribution < -0.4 is 15.4 Å². The third-order valence-corrected chi connectivity index (χ3v) is 2.44. The Morgan fingerprint density at radius 3 is 2.72 bits per heavy atom. The Bertz CT molecular complexity index is 523. The van der Waals surface area contributed by atoms with Gasteiger partial charge in [-0.15, -0.1) is 0 Å². The molecule has 6 heteroatoms. The standard InChI is InChI=1S/C12H17N5O/c1-4-14-9-5-10(8-13-7-9)15-11-6-12(18-3)17(2)16-11/h5-8,14H,4H2,1-3H3,(H,15,16). The van der Waals surface area contributed by atoms with Gasteiger partial charge in [-0.05, 0) is 13.0 Å². The summed E-state index contributed by atoms with van der Waals surface area (Å²) in [6.45, 7) is 2.91. The molecule has 2 N–H and O–H groups in total. The van der Waals surface area contributed by atoms with Crippen LogP contribution in [0.3, 0.4) is 0 Å². The fraction of sp³-hybridized carbons (Fsp3) is 0.333. The zero-order chi connectivity index (χ0) is 13.0. The molecule has 6 nitrogen and oxygen atoms in total. The molecule has 2 heterocycles. The van der Waals surface area contributed by atoms with Crippen LogP contribution in [-0.2, 0) is 7.05 Å². The summed E-state index contributed by atoms with van der Waals surface area (Å²) in [4.78, 5) is 4.16. The van der Waals surface area contributed by atoms with Crippen LogP contribution in [0.2, 0.25) is 0 Å². The monoisotopic (exact) mass is 247 g/mol.